The zero-order valence-corrected chi connectivity index (χ0v) is 13.5. The number of carbonyl (C=O) groups is 1. The molecule has 0 heterocycles. The van der Waals surface area contributed by atoms with Gasteiger partial charge in [0.05, 0.1) is 5.69 Å². The van der Waals surface area contributed by atoms with Crippen molar-refractivity contribution in [3.8, 4) is 0 Å². The number of sulfonamides is 1. The van der Waals surface area contributed by atoms with E-state index in [-0.39, 0.29) is 23.3 Å². The quantitative estimate of drug-likeness (QED) is 0.675. The molecule has 1 amide bonds. The Kier molecular flexibility index (Phi) is 6.64. The molecule has 3 N–H and O–H groups in total. The van der Waals surface area contributed by atoms with E-state index in [0.29, 0.717) is 12.2 Å². The minimum absolute atomic E-state index is 0.0502. The van der Waals surface area contributed by atoms with Crippen LogP contribution in [0.15, 0.2) is 29.2 Å². The minimum Gasteiger partial charge on any atom is -0.383 e. The average Bonchev–Trinajstić information content (AvgIpc) is 2.47. The maximum absolute atomic E-state index is 11.9. The lowest BCUT2D eigenvalue weighted by atomic mass is 10.2. The highest BCUT2D eigenvalue weighted by Gasteiger charge is 2.15. The van der Waals surface area contributed by atoms with Gasteiger partial charge in [0.2, 0.25) is 15.9 Å². The zero-order valence-electron chi connectivity index (χ0n) is 12.6. The van der Waals surface area contributed by atoms with Crippen LogP contribution in [0.4, 0.5) is 5.69 Å². The van der Waals surface area contributed by atoms with E-state index in [9.17, 15) is 13.2 Å². The molecule has 0 aromatic heterocycles. The van der Waals surface area contributed by atoms with Crippen molar-refractivity contribution >= 4 is 21.6 Å². The number of amides is 1. The molecule has 0 saturated heterocycles. The van der Waals surface area contributed by atoms with Crippen molar-refractivity contribution < 1.29 is 13.2 Å². The molecule has 0 aliphatic heterocycles. The van der Waals surface area contributed by atoms with Gasteiger partial charge in [-0.15, -0.1) is 0 Å². The topological polar surface area (TPSA) is 87.3 Å². The summed E-state index contributed by atoms with van der Waals surface area (Å²) < 4.78 is 26.0. The standard InChI is InChI=1S/C14H23N3O3S/c1-4-11(2)17-14(18)9-10-16-12-7-5-6-8-13(12)21(19,20)15-3/h5-8,11,15-16H,4,9-10H2,1-3H3,(H,17,18). The van der Waals surface area contributed by atoms with Crippen molar-refractivity contribution in [2.75, 3.05) is 18.9 Å². The van der Waals surface area contributed by atoms with Crippen molar-refractivity contribution in [3.05, 3.63) is 24.3 Å². The summed E-state index contributed by atoms with van der Waals surface area (Å²) in [6.45, 7) is 4.32. The summed E-state index contributed by atoms with van der Waals surface area (Å²) in [7, 11) is -2.15. The van der Waals surface area contributed by atoms with Crippen LogP contribution in [0.1, 0.15) is 26.7 Å². The number of benzene rings is 1. The summed E-state index contributed by atoms with van der Waals surface area (Å²) in [5, 5.41) is 5.86. The molecular weight excluding hydrogens is 290 g/mol. The summed E-state index contributed by atoms with van der Waals surface area (Å²) in [6.07, 6.45) is 1.17. The number of carbonyl (C=O) groups excluding carboxylic acids is 1. The smallest absolute Gasteiger partial charge is 0.242 e. The van der Waals surface area contributed by atoms with Gasteiger partial charge >= 0.3 is 0 Å². The van der Waals surface area contributed by atoms with Crippen LogP contribution in [-0.2, 0) is 14.8 Å². The molecule has 0 saturated carbocycles. The van der Waals surface area contributed by atoms with Gasteiger partial charge < -0.3 is 10.6 Å². The van der Waals surface area contributed by atoms with Crippen LogP contribution in [0.5, 0.6) is 0 Å². The Balaban J connectivity index is 2.63. The van der Waals surface area contributed by atoms with E-state index in [0.717, 1.165) is 6.42 Å². The largest absolute Gasteiger partial charge is 0.383 e. The minimum atomic E-state index is -3.52. The molecule has 0 radical (unpaired) electrons. The number of hydrogen-bond donors (Lipinski definition) is 3. The van der Waals surface area contributed by atoms with Crippen LogP contribution in [0.3, 0.4) is 0 Å². The van der Waals surface area contributed by atoms with Gasteiger partial charge in [-0.1, -0.05) is 19.1 Å². The predicted octanol–water partition coefficient (Wildman–Crippen LogP) is 1.31. The summed E-state index contributed by atoms with van der Waals surface area (Å²) in [6, 6.07) is 6.75. The summed E-state index contributed by atoms with van der Waals surface area (Å²) in [4.78, 5) is 11.8. The number of hydrogen-bond acceptors (Lipinski definition) is 4. The third-order valence-electron chi connectivity index (χ3n) is 3.13. The summed E-state index contributed by atoms with van der Waals surface area (Å²) in [5.41, 5.74) is 0.489. The fourth-order valence-corrected chi connectivity index (χ4v) is 2.62. The van der Waals surface area contributed by atoms with Gasteiger partial charge in [-0.2, -0.15) is 0 Å². The molecule has 0 fully saturated rings. The SMILES string of the molecule is CCC(C)NC(=O)CCNc1ccccc1S(=O)(=O)NC. The molecule has 7 heteroatoms. The molecule has 118 valence electrons. The van der Waals surface area contributed by atoms with Crippen LogP contribution >= 0.6 is 0 Å². The molecule has 1 atom stereocenters. The molecular formula is C14H23N3O3S. The molecule has 6 nitrogen and oxygen atoms in total. The van der Waals surface area contributed by atoms with Gasteiger partial charge in [-0.05, 0) is 32.5 Å². The highest BCUT2D eigenvalue weighted by Crippen LogP contribution is 2.20. The van der Waals surface area contributed by atoms with Crippen LogP contribution in [0.2, 0.25) is 0 Å². The Labute approximate surface area is 126 Å². The first kappa shape index (κ1) is 17.5. The first-order valence-corrected chi connectivity index (χ1v) is 8.44. The highest BCUT2D eigenvalue weighted by atomic mass is 32.2. The van der Waals surface area contributed by atoms with E-state index in [1.54, 1.807) is 18.2 Å². The fraction of sp³-hybridized carbons (Fsp3) is 0.500. The molecule has 0 bridgehead atoms. The molecule has 0 aliphatic rings. The van der Waals surface area contributed by atoms with Crippen molar-refractivity contribution in [2.24, 2.45) is 0 Å². The molecule has 1 rings (SSSR count). The van der Waals surface area contributed by atoms with Gasteiger partial charge in [-0.3, -0.25) is 4.79 Å². The first-order valence-electron chi connectivity index (χ1n) is 6.96. The molecule has 1 unspecified atom stereocenters. The second-order valence-electron chi connectivity index (χ2n) is 4.76. The van der Waals surface area contributed by atoms with Gasteiger partial charge in [0.1, 0.15) is 4.90 Å². The number of rotatable bonds is 8. The third kappa shape index (κ3) is 5.35. The third-order valence-corrected chi connectivity index (χ3v) is 4.61. The van der Waals surface area contributed by atoms with E-state index in [4.69, 9.17) is 0 Å². The summed E-state index contributed by atoms with van der Waals surface area (Å²) >= 11 is 0. The fourth-order valence-electron chi connectivity index (χ4n) is 1.72. The molecule has 0 spiro atoms. The molecule has 1 aromatic carbocycles. The lowest BCUT2D eigenvalue weighted by molar-refractivity contribution is -0.121. The van der Waals surface area contributed by atoms with Gasteiger partial charge in [0.15, 0.2) is 0 Å². The number of anilines is 1. The predicted molar refractivity (Wildman–Crippen MR) is 83.7 cm³/mol. The molecule has 1 aromatic rings. The Morgan fingerprint density at radius 2 is 1.95 bits per heavy atom. The van der Waals surface area contributed by atoms with Gasteiger partial charge in [0.25, 0.3) is 0 Å². The van der Waals surface area contributed by atoms with E-state index in [2.05, 4.69) is 15.4 Å². The Morgan fingerprint density at radius 1 is 1.29 bits per heavy atom. The number of nitrogens with one attached hydrogen (secondary N) is 3. The van der Waals surface area contributed by atoms with Crippen LogP contribution in [-0.4, -0.2) is 34.0 Å². The highest BCUT2D eigenvalue weighted by molar-refractivity contribution is 7.89. The first-order chi connectivity index (χ1) is 9.90. The lowest BCUT2D eigenvalue weighted by Crippen LogP contribution is -2.33. The van der Waals surface area contributed by atoms with Crippen LogP contribution < -0.4 is 15.4 Å². The summed E-state index contributed by atoms with van der Waals surface area (Å²) in [5.74, 6) is -0.0502. The second-order valence-corrected chi connectivity index (χ2v) is 6.61. The Hall–Kier alpha value is -1.60. The Morgan fingerprint density at radius 3 is 2.57 bits per heavy atom. The zero-order chi connectivity index (χ0) is 15.9. The van der Waals surface area contributed by atoms with E-state index in [1.807, 2.05) is 13.8 Å². The van der Waals surface area contributed by atoms with E-state index >= 15 is 0 Å². The van der Waals surface area contributed by atoms with Crippen LogP contribution in [0.25, 0.3) is 0 Å². The van der Waals surface area contributed by atoms with E-state index < -0.39 is 10.0 Å². The normalized spacial score (nSPS) is 12.7. The number of para-hydroxylation sites is 1. The maximum atomic E-state index is 11.9. The van der Waals surface area contributed by atoms with Gasteiger partial charge in [-0.25, -0.2) is 13.1 Å². The second kappa shape index (κ2) is 7.99. The average molecular weight is 313 g/mol. The van der Waals surface area contributed by atoms with E-state index in [1.165, 1.54) is 13.1 Å². The van der Waals surface area contributed by atoms with Crippen molar-refractivity contribution in [3.63, 3.8) is 0 Å². The van der Waals surface area contributed by atoms with Gasteiger partial charge in [0, 0.05) is 19.0 Å². The van der Waals surface area contributed by atoms with Crippen molar-refractivity contribution in [2.45, 2.75) is 37.6 Å². The van der Waals surface area contributed by atoms with Crippen molar-refractivity contribution in [1.82, 2.24) is 10.0 Å². The monoisotopic (exact) mass is 313 g/mol. The maximum Gasteiger partial charge on any atom is 0.242 e. The van der Waals surface area contributed by atoms with Crippen molar-refractivity contribution in [1.29, 1.82) is 0 Å². The Bertz CT molecular complexity index is 573. The molecule has 0 aliphatic carbocycles. The molecule has 21 heavy (non-hydrogen) atoms. The van der Waals surface area contributed by atoms with Crippen LogP contribution in [0, 0.1) is 0 Å². The lowest BCUT2D eigenvalue weighted by Gasteiger charge is -2.13.